The van der Waals surface area contributed by atoms with Crippen molar-refractivity contribution in [2.24, 2.45) is 0 Å². The van der Waals surface area contributed by atoms with Crippen LogP contribution in [0.2, 0.25) is 0 Å². The minimum absolute atomic E-state index is 0.0330. The number of aryl methyl sites for hydroxylation is 2. The molecule has 1 aromatic carbocycles. The number of amides is 1. The van der Waals surface area contributed by atoms with Crippen molar-refractivity contribution in [3.8, 4) is 5.75 Å². The van der Waals surface area contributed by atoms with Gasteiger partial charge in [0.05, 0.1) is 12.1 Å². The van der Waals surface area contributed by atoms with Crippen LogP contribution in [0.3, 0.4) is 0 Å². The van der Waals surface area contributed by atoms with Crippen LogP contribution >= 0.6 is 0 Å². The number of piperazine rings is 1. The zero-order valence-corrected chi connectivity index (χ0v) is 13.1. The Morgan fingerprint density at radius 2 is 1.70 bits per heavy atom. The third-order valence-corrected chi connectivity index (χ3v) is 4.75. The molecular weight excluding hydrogens is 302 g/mol. The molecule has 0 unspecified atom stereocenters. The van der Waals surface area contributed by atoms with E-state index in [0.717, 1.165) is 36.8 Å². The van der Waals surface area contributed by atoms with Crippen molar-refractivity contribution in [3.05, 3.63) is 28.8 Å². The number of phenols is 1. The summed E-state index contributed by atoms with van der Waals surface area (Å²) in [7, 11) is 0. The topological polar surface area (TPSA) is 43.8 Å². The van der Waals surface area contributed by atoms with Crippen LogP contribution in [-0.4, -0.2) is 60.0 Å². The second-order valence-corrected chi connectivity index (χ2v) is 6.33. The Kier molecular flexibility index (Phi) is 4.80. The van der Waals surface area contributed by atoms with Crippen molar-refractivity contribution in [1.82, 2.24) is 9.80 Å². The van der Waals surface area contributed by atoms with Crippen molar-refractivity contribution in [1.29, 1.82) is 0 Å². The molecule has 3 rings (SSSR count). The number of carbonyl (C=O) groups excluding carboxylic acids is 1. The molecule has 4 nitrogen and oxygen atoms in total. The zero-order chi connectivity index (χ0) is 16.4. The molecule has 1 amide bonds. The summed E-state index contributed by atoms with van der Waals surface area (Å²) in [6.45, 7) is 1.49. The molecule has 0 spiro atoms. The number of nitrogens with zero attached hydrogens (tertiary/aromatic N) is 2. The second kappa shape index (κ2) is 6.83. The van der Waals surface area contributed by atoms with Gasteiger partial charge in [0.2, 0.25) is 0 Å². The minimum Gasteiger partial charge on any atom is -0.507 e. The third-order valence-electron chi connectivity index (χ3n) is 4.75. The lowest BCUT2D eigenvalue weighted by Crippen LogP contribution is -2.49. The van der Waals surface area contributed by atoms with Crippen LogP contribution in [0.25, 0.3) is 0 Å². The summed E-state index contributed by atoms with van der Waals surface area (Å²) < 4.78 is 24.8. The van der Waals surface area contributed by atoms with Gasteiger partial charge in [0.15, 0.2) is 0 Å². The number of hydrogen-bond acceptors (Lipinski definition) is 3. The first-order valence-electron chi connectivity index (χ1n) is 8.19. The first kappa shape index (κ1) is 16.2. The van der Waals surface area contributed by atoms with Gasteiger partial charge >= 0.3 is 0 Å². The number of aromatic hydroxyl groups is 1. The molecule has 126 valence electrons. The van der Waals surface area contributed by atoms with Crippen LogP contribution < -0.4 is 0 Å². The molecule has 0 aromatic heterocycles. The Bertz CT molecular complexity index is 584. The molecule has 1 aromatic rings. The third kappa shape index (κ3) is 3.63. The average molecular weight is 324 g/mol. The van der Waals surface area contributed by atoms with Crippen LogP contribution in [0.5, 0.6) is 5.75 Å². The molecular formula is C17H22F2N2O2. The Morgan fingerprint density at radius 3 is 2.30 bits per heavy atom. The lowest BCUT2D eigenvalue weighted by molar-refractivity contribution is 0.0457. The standard InChI is InChI=1S/C17H22F2N2O2/c18-16(19)11-20-5-7-21(8-6-20)17(23)14-9-12-3-1-2-4-13(12)10-15(14)22/h9-10,16,22H,1-8,11H2. The molecule has 1 heterocycles. The van der Waals surface area contributed by atoms with E-state index in [0.29, 0.717) is 31.7 Å². The summed E-state index contributed by atoms with van der Waals surface area (Å²) in [5.74, 6) is -0.168. The Labute approximate surface area is 134 Å². The molecule has 23 heavy (non-hydrogen) atoms. The molecule has 6 heteroatoms. The summed E-state index contributed by atoms with van der Waals surface area (Å²) in [6, 6.07) is 3.53. The molecule has 0 atom stereocenters. The fourth-order valence-electron chi connectivity index (χ4n) is 3.44. The normalized spacial score (nSPS) is 19.0. The Morgan fingerprint density at radius 1 is 1.09 bits per heavy atom. The summed E-state index contributed by atoms with van der Waals surface area (Å²) in [5, 5.41) is 10.2. The van der Waals surface area contributed by atoms with Gasteiger partial charge in [0.1, 0.15) is 5.75 Å². The molecule has 0 saturated carbocycles. The van der Waals surface area contributed by atoms with Crippen LogP contribution in [0.4, 0.5) is 8.78 Å². The number of benzene rings is 1. The van der Waals surface area contributed by atoms with Crippen LogP contribution in [0.1, 0.15) is 34.3 Å². The quantitative estimate of drug-likeness (QED) is 0.928. The van der Waals surface area contributed by atoms with Gasteiger partial charge in [0.25, 0.3) is 12.3 Å². The molecule has 1 fully saturated rings. The summed E-state index contributed by atoms with van der Waals surface area (Å²) in [5.41, 5.74) is 2.62. The summed E-state index contributed by atoms with van der Waals surface area (Å²) in [6.07, 6.45) is 1.77. The van der Waals surface area contributed by atoms with Gasteiger partial charge < -0.3 is 10.0 Å². The Hall–Kier alpha value is -1.69. The maximum absolute atomic E-state index is 12.6. The van der Waals surface area contributed by atoms with Crippen molar-refractivity contribution >= 4 is 5.91 Å². The van der Waals surface area contributed by atoms with Crippen molar-refractivity contribution in [3.63, 3.8) is 0 Å². The molecule has 1 saturated heterocycles. The molecule has 1 aliphatic heterocycles. The number of carbonyl (C=O) groups is 1. The lowest BCUT2D eigenvalue weighted by Gasteiger charge is -2.34. The lowest BCUT2D eigenvalue weighted by atomic mass is 9.89. The summed E-state index contributed by atoms with van der Waals surface area (Å²) >= 11 is 0. The van der Waals surface area contributed by atoms with Gasteiger partial charge in [-0.1, -0.05) is 0 Å². The van der Waals surface area contributed by atoms with Crippen molar-refractivity contribution in [2.45, 2.75) is 32.1 Å². The number of fused-ring (bicyclic) bond motifs is 1. The monoisotopic (exact) mass is 324 g/mol. The number of phenolic OH excluding ortho intramolecular Hbond substituents is 1. The zero-order valence-electron chi connectivity index (χ0n) is 13.1. The highest BCUT2D eigenvalue weighted by Gasteiger charge is 2.26. The maximum atomic E-state index is 12.6. The average Bonchev–Trinajstić information content (AvgIpc) is 2.54. The highest BCUT2D eigenvalue weighted by atomic mass is 19.3. The van der Waals surface area contributed by atoms with Gasteiger partial charge in [-0.3, -0.25) is 9.69 Å². The van der Waals surface area contributed by atoms with E-state index >= 15 is 0 Å². The fraction of sp³-hybridized carbons (Fsp3) is 0.588. The first-order chi connectivity index (χ1) is 11.0. The molecule has 0 radical (unpaired) electrons. The van der Waals surface area contributed by atoms with E-state index in [2.05, 4.69) is 0 Å². The van der Waals surface area contributed by atoms with Crippen LogP contribution in [-0.2, 0) is 12.8 Å². The van der Waals surface area contributed by atoms with E-state index in [1.54, 1.807) is 15.9 Å². The number of halogens is 2. The largest absolute Gasteiger partial charge is 0.507 e. The van der Waals surface area contributed by atoms with Gasteiger partial charge in [0, 0.05) is 26.2 Å². The maximum Gasteiger partial charge on any atom is 0.257 e. The van der Waals surface area contributed by atoms with Gasteiger partial charge in [-0.05, 0) is 48.9 Å². The van der Waals surface area contributed by atoms with E-state index in [1.807, 2.05) is 6.07 Å². The molecule has 1 aliphatic carbocycles. The van der Waals surface area contributed by atoms with E-state index in [1.165, 1.54) is 0 Å². The highest BCUT2D eigenvalue weighted by Crippen LogP contribution is 2.29. The molecule has 2 aliphatic rings. The predicted molar refractivity (Wildman–Crippen MR) is 83.1 cm³/mol. The van der Waals surface area contributed by atoms with E-state index in [4.69, 9.17) is 0 Å². The van der Waals surface area contributed by atoms with Gasteiger partial charge in [-0.15, -0.1) is 0 Å². The highest BCUT2D eigenvalue weighted by molar-refractivity contribution is 5.97. The predicted octanol–water partition coefficient (Wildman–Crippen LogP) is 2.29. The van der Waals surface area contributed by atoms with Crippen molar-refractivity contribution < 1.29 is 18.7 Å². The SMILES string of the molecule is O=C(c1cc2c(cc1O)CCCC2)N1CCN(CC(F)F)CC1. The van der Waals surface area contributed by atoms with E-state index in [-0.39, 0.29) is 18.2 Å². The van der Waals surface area contributed by atoms with Crippen LogP contribution in [0, 0.1) is 0 Å². The smallest absolute Gasteiger partial charge is 0.257 e. The van der Waals surface area contributed by atoms with E-state index < -0.39 is 6.43 Å². The second-order valence-electron chi connectivity index (χ2n) is 6.33. The number of rotatable bonds is 3. The van der Waals surface area contributed by atoms with E-state index in [9.17, 15) is 18.7 Å². The van der Waals surface area contributed by atoms with Crippen molar-refractivity contribution in [2.75, 3.05) is 32.7 Å². The van der Waals surface area contributed by atoms with Gasteiger partial charge in [-0.25, -0.2) is 8.78 Å². The molecule has 1 N–H and O–H groups in total. The minimum atomic E-state index is -2.35. The summed E-state index contributed by atoms with van der Waals surface area (Å²) in [4.78, 5) is 15.9. The van der Waals surface area contributed by atoms with Gasteiger partial charge in [-0.2, -0.15) is 0 Å². The fourth-order valence-corrected chi connectivity index (χ4v) is 3.44. The molecule has 0 bridgehead atoms. The van der Waals surface area contributed by atoms with Crippen LogP contribution in [0.15, 0.2) is 12.1 Å². The number of hydrogen-bond donors (Lipinski definition) is 1. The number of alkyl halides is 2. The first-order valence-corrected chi connectivity index (χ1v) is 8.19. The Balaban J connectivity index is 1.69.